The van der Waals surface area contributed by atoms with Crippen LogP contribution in [0.25, 0.3) is 0 Å². The average Bonchev–Trinajstić information content (AvgIpc) is 2.80. The van der Waals surface area contributed by atoms with Crippen LogP contribution in [0.1, 0.15) is 30.9 Å². The van der Waals surface area contributed by atoms with Gasteiger partial charge in [-0.15, -0.1) is 0 Å². The molecule has 1 aromatic carbocycles. The maximum Gasteiger partial charge on any atom is 0.123 e. The van der Waals surface area contributed by atoms with Crippen LogP contribution in [0, 0.1) is 5.82 Å². The molecule has 0 spiro atoms. The molecule has 2 atom stereocenters. The number of hydrogen-bond acceptors (Lipinski definition) is 2. The van der Waals surface area contributed by atoms with Gasteiger partial charge in [0, 0.05) is 12.6 Å². The van der Waals surface area contributed by atoms with Gasteiger partial charge in [-0.3, -0.25) is 0 Å². The molecule has 1 aromatic rings. The number of benzene rings is 1. The van der Waals surface area contributed by atoms with Crippen molar-refractivity contribution in [2.24, 2.45) is 0 Å². The number of rotatable bonds is 4. The number of hydrogen-bond donors (Lipinski definition) is 1. The molecule has 0 bridgehead atoms. The van der Waals surface area contributed by atoms with Gasteiger partial charge in [0.15, 0.2) is 0 Å². The highest BCUT2D eigenvalue weighted by Crippen LogP contribution is 2.24. The average molecular weight is 223 g/mol. The van der Waals surface area contributed by atoms with Crippen LogP contribution in [0.15, 0.2) is 24.3 Å². The van der Waals surface area contributed by atoms with Crippen LogP contribution in [0.2, 0.25) is 0 Å². The summed E-state index contributed by atoms with van der Waals surface area (Å²) in [6.45, 7) is 0.879. The van der Waals surface area contributed by atoms with Crippen LogP contribution < -0.4 is 5.32 Å². The van der Waals surface area contributed by atoms with Gasteiger partial charge in [-0.2, -0.15) is 0 Å². The van der Waals surface area contributed by atoms with Crippen molar-refractivity contribution >= 4 is 0 Å². The summed E-state index contributed by atoms with van der Waals surface area (Å²) < 4.78 is 18.4. The standard InChI is InChI=1S/C13H18FNO/c1-15-13(9-12-3-2-8-16-12)10-4-6-11(14)7-5-10/h4-7,12-13,15H,2-3,8-9H2,1H3. The van der Waals surface area contributed by atoms with Crippen molar-refractivity contribution in [1.29, 1.82) is 0 Å². The second-order valence-electron chi connectivity index (χ2n) is 4.26. The quantitative estimate of drug-likeness (QED) is 0.847. The van der Waals surface area contributed by atoms with E-state index >= 15 is 0 Å². The van der Waals surface area contributed by atoms with Crippen molar-refractivity contribution in [3.63, 3.8) is 0 Å². The summed E-state index contributed by atoms with van der Waals surface area (Å²) in [4.78, 5) is 0. The van der Waals surface area contributed by atoms with Gasteiger partial charge in [-0.05, 0) is 44.0 Å². The zero-order chi connectivity index (χ0) is 11.4. The molecule has 1 aliphatic heterocycles. The molecule has 1 N–H and O–H groups in total. The molecule has 0 aliphatic carbocycles. The predicted octanol–water partition coefficient (Wildman–Crippen LogP) is 2.66. The van der Waals surface area contributed by atoms with E-state index in [0.29, 0.717) is 6.10 Å². The Morgan fingerprint density at radius 1 is 1.44 bits per heavy atom. The molecule has 1 aliphatic rings. The Morgan fingerprint density at radius 3 is 2.75 bits per heavy atom. The van der Waals surface area contributed by atoms with Crippen LogP contribution in [0.5, 0.6) is 0 Å². The normalized spacial score (nSPS) is 22.2. The number of halogens is 1. The molecule has 0 radical (unpaired) electrons. The summed E-state index contributed by atoms with van der Waals surface area (Å²) >= 11 is 0. The fraction of sp³-hybridized carbons (Fsp3) is 0.538. The highest BCUT2D eigenvalue weighted by molar-refractivity contribution is 5.20. The Hall–Kier alpha value is -0.930. The molecule has 1 fully saturated rings. The van der Waals surface area contributed by atoms with Crippen molar-refractivity contribution in [3.8, 4) is 0 Å². The third-order valence-electron chi connectivity index (χ3n) is 3.14. The minimum absolute atomic E-state index is 0.185. The third-order valence-corrected chi connectivity index (χ3v) is 3.14. The summed E-state index contributed by atoms with van der Waals surface area (Å²) in [6, 6.07) is 6.95. The first kappa shape index (κ1) is 11.6. The number of nitrogens with one attached hydrogen (secondary N) is 1. The van der Waals surface area contributed by atoms with E-state index in [0.717, 1.165) is 31.4 Å². The fourth-order valence-electron chi connectivity index (χ4n) is 2.21. The highest BCUT2D eigenvalue weighted by atomic mass is 19.1. The van der Waals surface area contributed by atoms with Crippen molar-refractivity contribution in [3.05, 3.63) is 35.6 Å². The van der Waals surface area contributed by atoms with E-state index in [2.05, 4.69) is 5.32 Å². The molecule has 0 aromatic heterocycles. The Balaban J connectivity index is 2.00. The van der Waals surface area contributed by atoms with Crippen LogP contribution in [-0.2, 0) is 4.74 Å². The maximum atomic E-state index is 12.8. The smallest absolute Gasteiger partial charge is 0.123 e. The monoisotopic (exact) mass is 223 g/mol. The second kappa shape index (κ2) is 5.41. The van der Waals surface area contributed by atoms with Crippen LogP contribution in [0.4, 0.5) is 4.39 Å². The molecule has 2 nitrogen and oxygen atoms in total. The molecule has 88 valence electrons. The van der Waals surface area contributed by atoms with E-state index in [1.165, 1.54) is 12.1 Å². The fourth-order valence-corrected chi connectivity index (χ4v) is 2.21. The van der Waals surface area contributed by atoms with Gasteiger partial charge in [0.25, 0.3) is 0 Å². The molecule has 0 amide bonds. The lowest BCUT2D eigenvalue weighted by atomic mass is 9.99. The first-order chi connectivity index (χ1) is 7.79. The van der Waals surface area contributed by atoms with Crippen molar-refractivity contribution in [1.82, 2.24) is 5.32 Å². The van der Waals surface area contributed by atoms with E-state index < -0.39 is 0 Å². The summed E-state index contributed by atoms with van der Waals surface area (Å²) in [7, 11) is 1.93. The lowest BCUT2D eigenvalue weighted by Gasteiger charge is -2.20. The van der Waals surface area contributed by atoms with Crippen molar-refractivity contribution in [2.45, 2.75) is 31.4 Å². The molecule has 1 heterocycles. The lowest BCUT2D eigenvalue weighted by molar-refractivity contribution is 0.0954. The SMILES string of the molecule is CNC(CC1CCCO1)c1ccc(F)cc1. The van der Waals surface area contributed by atoms with Gasteiger partial charge in [0.2, 0.25) is 0 Å². The van der Waals surface area contributed by atoms with E-state index in [9.17, 15) is 4.39 Å². The molecule has 2 rings (SSSR count). The van der Waals surface area contributed by atoms with Gasteiger partial charge in [-0.1, -0.05) is 12.1 Å². The highest BCUT2D eigenvalue weighted by Gasteiger charge is 2.20. The van der Waals surface area contributed by atoms with Crippen molar-refractivity contribution in [2.75, 3.05) is 13.7 Å². The van der Waals surface area contributed by atoms with Crippen molar-refractivity contribution < 1.29 is 9.13 Å². The van der Waals surface area contributed by atoms with Gasteiger partial charge in [0.1, 0.15) is 5.82 Å². The first-order valence-corrected chi connectivity index (χ1v) is 5.84. The Labute approximate surface area is 95.8 Å². The molecule has 16 heavy (non-hydrogen) atoms. The molecule has 0 saturated carbocycles. The van der Waals surface area contributed by atoms with Gasteiger partial charge in [-0.25, -0.2) is 4.39 Å². The summed E-state index contributed by atoms with van der Waals surface area (Å²) in [6.07, 6.45) is 3.61. The largest absolute Gasteiger partial charge is 0.378 e. The molecular formula is C13H18FNO. The van der Waals surface area contributed by atoms with Crippen LogP contribution in [-0.4, -0.2) is 19.8 Å². The molecule has 1 saturated heterocycles. The zero-order valence-corrected chi connectivity index (χ0v) is 9.58. The minimum atomic E-state index is -0.185. The molecular weight excluding hydrogens is 205 g/mol. The van der Waals surface area contributed by atoms with Gasteiger partial charge >= 0.3 is 0 Å². The molecule has 3 heteroatoms. The third kappa shape index (κ3) is 2.80. The van der Waals surface area contributed by atoms with Crippen LogP contribution >= 0.6 is 0 Å². The summed E-state index contributed by atoms with van der Waals surface area (Å²) in [5.74, 6) is -0.185. The Bertz CT molecular complexity index is 319. The topological polar surface area (TPSA) is 21.3 Å². The number of ether oxygens (including phenoxy) is 1. The second-order valence-corrected chi connectivity index (χ2v) is 4.26. The summed E-state index contributed by atoms with van der Waals surface area (Å²) in [5.41, 5.74) is 1.12. The zero-order valence-electron chi connectivity index (χ0n) is 9.58. The van der Waals surface area contributed by atoms with E-state index in [-0.39, 0.29) is 11.9 Å². The predicted molar refractivity (Wildman–Crippen MR) is 61.8 cm³/mol. The Kier molecular flexibility index (Phi) is 3.91. The van der Waals surface area contributed by atoms with Crippen LogP contribution in [0.3, 0.4) is 0 Å². The van der Waals surface area contributed by atoms with E-state index in [1.54, 1.807) is 0 Å². The summed E-state index contributed by atoms with van der Waals surface area (Å²) in [5, 5.41) is 3.26. The minimum Gasteiger partial charge on any atom is -0.378 e. The van der Waals surface area contributed by atoms with Gasteiger partial charge < -0.3 is 10.1 Å². The van der Waals surface area contributed by atoms with E-state index in [4.69, 9.17) is 4.74 Å². The Morgan fingerprint density at radius 2 is 2.19 bits per heavy atom. The van der Waals surface area contributed by atoms with Gasteiger partial charge in [0.05, 0.1) is 6.10 Å². The first-order valence-electron chi connectivity index (χ1n) is 5.84. The van der Waals surface area contributed by atoms with E-state index in [1.807, 2.05) is 19.2 Å². The lowest BCUT2D eigenvalue weighted by Crippen LogP contribution is -2.22. The molecule has 2 unspecified atom stereocenters. The maximum absolute atomic E-state index is 12.8.